The Morgan fingerprint density at radius 2 is 2.19 bits per heavy atom. The highest BCUT2D eigenvalue weighted by molar-refractivity contribution is 5.88. The van der Waals surface area contributed by atoms with Crippen LogP contribution in [-0.4, -0.2) is 35.8 Å². The van der Waals surface area contributed by atoms with Gasteiger partial charge in [-0.2, -0.15) is 0 Å². The van der Waals surface area contributed by atoms with Crippen molar-refractivity contribution in [1.82, 2.24) is 10.3 Å². The van der Waals surface area contributed by atoms with Gasteiger partial charge < -0.3 is 15.2 Å². The van der Waals surface area contributed by atoms with E-state index in [-0.39, 0.29) is 5.56 Å². The molecule has 1 aliphatic rings. The monoisotopic (exact) mass is 292 g/mol. The molecular weight excluding hydrogens is 268 g/mol. The van der Waals surface area contributed by atoms with E-state index in [1.807, 2.05) is 0 Å². The second kappa shape index (κ2) is 7.41. The van der Waals surface area contributed by atoms with Crippen LogP contribution in [0.3, 0.4) is 0 Å². The van der Waals surface area contributed by atoms with Crippen LogP contribution in [0, 0.1) is 18.8 Å². The van der Waals surface area contributed by atoms with E-state index in [1.54, 1.807) is 19.1 Å². The van der Waals surface area contributed by atoms with Crippen molar-refractivity contribution >= 4 is 5.97 Å². The fourth-order valence-corrected chi connectivity index (χ4v) is 2.84. The van der Waals surface area contributed by atoms with Crippen molar-refractivity contribution in [2.24, 2.45) is 11.8 Å². The van der Waals surface area contributed by atoms with Gasteiger partial charge in [-0.25, -0.2) is 9.78 Å². The highest BCUT2D eigenvalue weighted by Crippen LogP contribution is 2.24. The Bertz CT molecular complexity index is 484. The zero-order chi connectivity index (χ0) is 15.2. The van der Waals surface area contributed by atoms with Crippen molar-refractivity contribution in [3.63, 3.8) is 0 Å². The van der Waals surface area contributed by atoms with Crippen molar-refractivity contribution in [3.8, 4) is 5.88 Å². The number of hydrogen-bond donors (Lipinski definition) is 2. The van der Waals surface area contributed by atoms with Crippen LogP contribution in [0.15, 0.2) is 12.1 Å². The predicted molar refractivity (Wildman–Crippen MR) is 80.8 cm³/mol. The smallest absolute Gasteiger partial charge is 0.337 e. The number of aromatic nitrogens is 1. The van der Waals surface area contributed by atoms with E-state index < -0.39 is 5.97 Å². The number of rotatable bonds is 6. The normalized spacial score (nSPS) is 17.4. The molecule has 0 radical (unpaired) electrons. The van der Waals surface area contributed by atoms with E-state index in [1.165, 1.54) is 12.8 Å². The Morgan fingerprint density at radius 3 is 2.81 bits per heavy atom. The van der Waals surface area contributed by atoms with Gasteiger partial charge in [0.25, 0.3) is 0 Å². The summed E-state index contributed by atoms with van der Waals surface area (Å²) >= 11 is 0. The molecule has 0 amide bonds. The molecule has 0 aromatic carbocycles. The first-order valence-corrected chi connectivity index (χ1v) is 7.62. The van der Waals surface area contributed by atoms with Crippen LogP contribution in [-0.2, 0) is 0 Å². The lowest BCUT2D eigenvalue weighted by molar-refractivity contribution is 0.0695. The second-order valence-corrected chi connectivity index (χ2v) is 5.79. The van der Waals surface area contributed by atoms with Gasteiger partial charge in [0.05, 0.1) is 17.9 Å². The van der Waals surface area contributed by atoms with Crippen molar-refractivity contribution < 1.29 is 14.6 Å². The lowest BCUT2D eigenvalue weighted by atomic mass is 9.84. The third kappa shape index (κ3) is 4.43. The Kier molecular flexibility index (Phi) is 5.56. The highest BCUT2D eigenvalue weighted by Gasteiger charge is 2.19. The summed E-state index contributed by atoms with van der Waals surface area (Å²) in [7, 11) is 0. The van der Waals surface area contributed by atoms with E-state index in [2.05, 4.69) is 17.2 Å². The minimum absolute atomic E-state index is 0.227. The maximum atomic E-state index is 10.9. The minimum atomic E-state index is -0.953. The summed E-state index contributed by atoms with van der Waals surface area (Å²) in [6.45, 7) is 6.84. The molecule has 5 heteroatoms. The third-order valence-corrected chi connectivity index (χ3v) is 4.30. The molecule has 0 spiro atoms. The molecule has 0 bridgehead atoms. The molecule has 1 aromatic rings. The Balaban J connectivity index is 1.80. The summed E-state index contributed by atoms with van der Waals surface area (Å²) in [5.74, 6) is 0.978. The van der Waals surface area contributed by atoms with Gasteiger partial charge >= 0.3 is 5.97 Å². The van der Waals surface area contributed by atoms with Crippen LogP contribution in [0.25, 0.3) is 0 Å². The van der Waals surface area contributed by atoms with Crippen LogP contribution in [0.2, 0.25) is 0 Å². The molecule has 5 nitrogen and oxygen atoms in total. The minimum Gasteiger partial charge on any atom is -0.478 e. The van der Waals surface area contributed by atoms with Gasteiger partial charge in [-0.1, -0.05) is 6.92 Å². The molecule has 0 aliphatic carbocycles. The molecule has 21 heavy (non-hydrogen) atoms. The Morgan fingerprint density at radius 1 is 1.48 bits per heavy atom. The number of pyridine rings is 1. The Labute approximate surface area is 125 Å². The second-order valence-electron chi connectivity index (χ2n) is 5.79. The van der Waals surface area contributed by atoms with Gasteiger partial charge in [-0.3, -0.25) is 0 Å². The highest BCUT2D eigenvalue weighted by atomic mass is 16.5. The predicted octanol–water partition coefficient (Wildman–Crippen LogP) is 2.49. The number of piperidine rings is 1. The SMILES string of the molecule is Cc1nc(OCCC(C)C2CCNCC2)ccc1C(=O)O. The zero-order valence-corrected chi connectivity index (χ0v) is 12.8. The van der Waals surface area contributed by atoms with Gasteiger partial charge in [-0.05, 0) is 57.2 Å². The van der Waals surface area contributed by atoms with Gasteiger partial charge in [0, 0.05) is 6.07 Å². The van der Waals surface area contributed by atoms with E-state index in [4.69, 9.17) is 9.84 Å². The molecule has 2 heterocycles. The number of hydrogen-bond acceptors (Lipinski definition) is 4. The average Bonchev–Trinajstić information content (AvgIpc) is 2.47. The Hall–Kier alpha value is -1.62. The van der Waals surface area contributed by atoms with Crippen molar-refractivity contribution in [1.29, 1.82) is 0 Å². The van der Waals surface area contributed by atoms with Gasteiger partial charge in [-0.15, -0.1) is 0 Å². The first-order valence-electron chi connectivity index (χ1n) is 7.62. The summed E-state index contributed by atoms with van der Waals surface area (Å²) in [5.41, 5.74) is 0.719. The first-order chi connectivity index (χ1) is 10.1. The topological polar surface area (TPSA) is 71.5 Å². The molecule has 1 aromatic heterocycles. The van der Waals surface area contributed by atoms with Gasteiger partial charge in [0.15, 0.2) is 0 Å². The molecule has 116 valence electrons. The average molecular weight is 292 g/mol. The molecule has 0 saturated carbocycles. The van der Waals surface area contributed by atoms with Crippen molar-refractivity contribution in [3.05, 3.63) is 23.4 Å². The summed E-state index contributed by atoms with van der Waals surface area (Å²) in [6, 6.07) is 3.18. The molecule has 1 unspecified atom stereocenters. The quantitative estimate of drug-likeness (QED) is 0.843. The number of aromatic carboxylic acids is 1. The van der Waals surface area contributed by atoms with Crippen LogP contribution >= 0.6 is 0 Å². The number of nitrogens with one attached hydrogen (secondary N) is 1. The number of aryl methyl sites for hydroxylation is 1. The maximum absolute atomic E-state index is 10.9. The number of ether oxygens (including phenoxy) is 1. The van der Waals surface area contributed by atoms with Crippen LogP contribution in [0.5, 0.6) is 5.88 Å². The van der Waals surface area contributed by atoms with Crippen LogP contribution < -0.4 is 10.1 Å². The standard InChI is InChI=1S/C16H24N2O3/c1-11(13-5-8-17-9-6-13)7-10-21-15-4-3-14(16(19)20)12(2)18-15/h3-4,11,13,17H,5-10H2,1-2H3,(H,19,20). The summed E-state index contributed by atoms with van der Waals surface area (Å²) in [4.78, 5) is 15.1. The van der Waals surface area contributed by atoms with E-state index >= 15 is 0 Å². The molecule has 1 fully saturated rings. The van der Waals surface area contributed by atoms with E-state index in [0.29, 0.717) is 24.1 Å². The fourth-order valence-electron chi connectivity index (χ4n) is 2.84. The third-order valence-electron chi connectivity index (χ3n) is 4.30. The maximum Gasteiger partial charge on any atom is 0.337 e. The van der Waals surface area contributed by atoms with Gasteiger partial charge in [0.1, 0.15) is 0 Å². The van der Waals surface area contributed by atoms with Crippen molar-refractivity contribution in [2.75, 3.05) is 19.7 Å². The van der Waals surface area contributed by atoms with Crippen molar-refractivity contribution in [2.45, 2.75) is 33.1 Å². The lowest BCUT2D eigenvalue weighted by Gasteiger charge is -2.28. The lowest BCUT2D eigenvalue weighted by Crippen LogP contribution is -2.31. The number of carboxylic acid groups (broad SMARTS) is 1. The molecule has 1 atom stereocenters. The molecule has 2 N–H and O–H groups in total. The van der Waals surface area contributed by atoms with Crippen LogP contribution in [0.4, 0.5) is 0 Å². The molecule has 1 saturated heterocycles. The number of nitrogens with zero attached hydrogens (tertiary/aromatic N) is 1. The molecular formula is C16H24N2O3. The van der Waals surface area contributed by atoms with E-state index in [9.17, 15) is 4.79 Å². The molecule has 1 aliphatic heterocycles. The van der Waals surface area contributed by atoms with E-state index in [0.717, 1.165) is 25.4 Å². The number of carbonyl (C=O) groups is 1. The van der Waals surface area contributed by atoms with Crippen LogP contribution in [0.1, 0.15) is 42.2 Å². The largest absolute Gasteiger partial charge is 0.478 e. The molecule has 2 rings (SSSR count). The first kappa shape index (κ1) is 15.8. The zero-order valence-electron chi connectivity index (χ0n) is 12.8. The number of carboxylic acids is 1. The summed E-state index contributed by atoms with van der Waals surface area (Å²) in [6.07, 6.45) is 3.49. The summed E-state index contributed by atoms with van der Waals surface area (Å²) < 4.78 is 5.66. The summed E-state index contributed by atoms with van der Waals surface area (Å²) in [5, 5.41) is 12.3. The fraction of sp³-hybridized carbons (Fsp3) is 0.625. The van der Waals surface area contributed by atoms with Gasteiger partial charge in [0.2, 0.25) is 5.88 Å².